The van der Waals surface area contributed by atoms with E-state index >= 15 is 0 Å². The van der Waals surface area contributed by atoms with Crippen LogP contribution >= 0.6 is 0 Å². The molecule has 63 heavy (non-hydrogen) atoms. The number of esters is 3. The lowest BCUT2D eigenvalue weighted by molar-refractivity contribution is -0.166. The molecule has 0 amide bonds. The molecule has 0 bridgehead atoms. The van der Waals surface area contributed by atoms with Crippen molar-refractivity contribution < 1.29 is 28.6 Å². The van der Waals surface area contributed by atoms with Crippen molar-refractivity contribution in [1.82, 2.24) is 0 Å². The van der Waals surface area contributed by atoms with E-state index in [0.717, 1.165) is 89.9 Å². The highest BCUT2D eigenvalue weighted by Gasteiger charge is 2.19. The van der Waals surface area contributed by atoms with E-state index in [1.54, 1.807) is 0 Å². The Morgan fingerprint density at radius 2 is 0.651 bits per heavy atom. The second-order valence-corrected chi connectivity index (χ2v) is 17.0. The van der Waals surface area contributed by atoms with E-state index in [1.165, 1.54) is 103 Å². The van der Waals surface area contributed by atoms with Crippen molar-refractivity contribution in [2.45, 2.75) is 245 Å². The predicted octanol–water partition coefficient (Wildman–Crippen LogP) is 17.2. The molecule has 1 unspecified atom stereocenters. The summed E-state index contributed by atoms with van der Waals surface area (Å²) in [5, 5.41) is 0. The molecular formula is C57H96O6. The number of ether oxygens (including phenoxy) is 3. The third-order valence-electron chi connectivity index (χ3n) is 10.9. The predicted molar refractivity (Wildman–Crippen MR) is 270 cm³/mol. The standard InChI is InChI=1S/C57H96O6/c1-4-7-10-13-16-19-22-25-28-30-32-35-38-41-44-47-50-56(59)62-53-54(52-61-55(58)49-46-43-40-37-34-31-27-24-21-18-15-12-9-6-3)63-57(60)51-48-45-42-39-36-33-29-26-23-20-17-14-11-8-5-2/h7,9-10,12,16,18-19,21,25,28,32,35,41,44,54H,4-6,8,11,13-15,17,20,22-24,26-27,29-31,33-34,36-40,42-43,45-53H2,1-3H3/b10-7-,12-9-,19-16-,21-18-,28-25-,35-32-,44-41-. The third kappa shape index (κ3) is 49.5. The first-order valence-electron chi connectivity index (χ1n) is 26.1. The summed E-state index contributed by atoms with van der Waals surface area (Å²) in [6, 6.07) is 0. The normalized spacial score (nSPS) is 12.7. The number of carbonyl (C=O) groups excluding carboxylic acids is 3. The van der Waals surface area contributed by atoms with Crippen LogP contribution in [0.1, 0.15) is 239 Å². The van der Waals surface area contributed by atoms with Gasteiger partial charge in [-0.1, -0.05) is 228 Å². The largest absolute Gasteiger partial charge is 0.462 e. The maximum absolute atomic E-state index is 12.8. The van der Waals surface area contributed by atoms with Crippen molar-refractivity contribution in [2.24, 2.45) is 0 Å². The fourth-order valence-electron chi connectivity index (χ4n) is 7.06. The fraction of sp³-hybridized carbons (Fsp3) is 0.702. The van der Waals surface area contributed by atoms with Gasteiger partial charge in [-0.05, 0) is 77.0 Å². The molecule has 0 aliphatic rings. The zero-order valence-corrected chi connectivity index (χ0v) is 41.1. The van der Waals surface area contributed by atoms with Crippen LogP contribution in [0, 0.1) is 0 Å². The summed E-state index contributed by atoms with van der Waals surface area (Å²) in [5.41, 5.74) is 0. The highest BCUT2D eigenvalue weighted by molar-refractivity contribution is 5.71. The van der Waals surface area contributed by atoms with Gasteiger partial charge in [-0.15, -0.1) is 0 Å². The lowest BCUT2D eigenvalue weighted by Crippen LogP contribution is -2.30. The number of carbonyl (C=O) groups is 3. The van der Waals surface area contributed by atoms with Crippen molar-refractivity contribution >= 4 is 17.9 Å². The molecule has 0 aliphatic carbocycles. The Balaban J connectivity index is 4.49. The maximum Gasteiger partial charge on any atom is 0.306 e. The highest BCUT2D eigenvalue weighted by atomic mass is 16.6. The monoisotopic (exact) mass is 877 g/mol. The minimum absolute atomic E-state index is 0.102. The molecule has 0 fully saturated rings. The Morgan fingerprint density at radius 1 is 0.333 bits per heavy atom. The average Bonchev–Trinajstić information content (AvgIpc) is 3.28. The smallest absolute Gasteiger partial charge is 0.306 e. The van der Waals surface area contributed by atoms with Gasteiger partial charge >= 0.3 is 17.9 Å². The third-order valence-corrected chi connectivity index (χ3v) is 10.9. The van der Waals surface area contributed by atoms with Crippen LogP contribution < -0.4 is 0 Å². The van der Waals surface area contributed by atoms with Gasteiger partial charge in [-0.3, -0.25) is 14.4 Å². The lowest BCUT2D eigenvalue weighted by atomic mass is 10.0. The fourth-order valence-corrected chi connectivity index (χ4v) is 7.06. The SMILES string of the molecule is CC/C=C\C/C=C\C/C=C\C/C=C\C/C=C\CCC(=O)OCC(COC(=O)CCCCCCCCC/C=C\C/C=C\CC)OC(=O)CCCCCCCCCCCCCCCCC. The first-order valence-corrected chi connectivity index (χ1v) is 26.1. The minimum atomic E-state index is -0.807. The van der Waals surface area contributed by atoms with E-state index in [4.69, 9.17) is 14.2 Å². The molecule has 0 radical (unpaired) electrons. The Kier molecular flexibility index (Phi) is 48.5. The quantitative estimate of drug-likeness (QED) is 0.0262. The van der Waals surface area contributed by atoms with Gasteiger partial charge in [0.15, 0.2) is 6.10 Å². The van der Waals surface area contributed by atoms with Gasteiger partial charge in [0.1, 0.15) is 13.2 Å². The molecular weight excluding hydrogens is 781 g/mol. The van der Waals surface area contributed by atoms with Crippen LogP contribution in [0.2, 0.25) is 0 Å². The van der Waals surface area contributed by atoms with Gasteiger partial charge in [0, 0.05) is 19.3 Å². The summed E-state index contributed by atoms with van der Waals surface area (Å²) in [6.07, 6.45) is 65.8. The molecule has 0 aromatic rings. The van der Waals surface area contributed by atoms with Crippen molar-refractivity contribution in [2.75, 3.05) is 13.2 Å². The van der Waals surface area contributed by atoms with Gasteiger partial charge in [-0.25, -0.2) is 0 Å². The molecule has 6 nitrogen and oxygen atoms in total. The molecule has 0 saturated heterocycles. The van der Waals surface area contributed by atoms with Crippen molar-refractivity contribution in [3.8, 4) is 0 Å². The van der Waals surface area contributed by atoms with E-state index < -0.39 is 6.10 Å². The molecule has 360 valence electrons. The van der Waals surface area contributed by atoms with Crippen LogP contribution in [0.25, 0.3) is 0 Å². The molecule has 1 atom stereocenters. The molecule has 6 heteroatoms. The van der Waals surface area contributed by atoms with Gasteiger partial charge in [0.25, 0.3) is 0 Å². The minimum Gasteiger partial charge on any atom is -0.462 e. The second-order valence-electron chi connectivity index (χ2n) is 17.0. The van der Waals surface area contributed by atoms with Gasteiger partial charge < -0.3 is 14.2 Å². The molecule has 0 spiro atoms. The Labute approximate surface area is 388 Å². The number of hydrogen-bond donors (Lipinski definition) is 0. The van der Waals surface area contributed by atoms with Crippen molar-refractivity contribution in [1.29, 1.82) is 0 Å². The summed E-state index contributed by atoms with van der Waals surface area (Å²) in [4.78, 5) is 38.0. The van der Waals surface area contributed by atoms with E-state index in [9.17, 15) is 14.4 Å². The van der Waals surface area contributed by atoms with Crippen molar-refractivity contribution in [3.05, 3.63) is 85.1 Å². The molecule has 0 aromatic carbocycles. The Morgan fingerprint density at radius 3 is 1.06 bits per heavy atom. The summed E-state index contributed by atoms with van der Waals surface area (Å²) < 4.78 is 16.7. The van der Waals surface area contributed by atoms with Crippen LogP contribution in [-0.2, 0) is 28.6 Å². The van der Waals surface area contributed by atoms with Crippen LogP contribution in [0.5, 0.6) is 0 Å². The second kappa shape index (κ2) is 51.2. The summed E-state index contributed by atoms with van der Waals surface area (Å²) in [7, 11) is 0. The van der Waals surface area contributed by atoms with E-state index in [1.807, 2.05) is 6.08 Å². The molecule has 0 N–H and O–H groups in total. The van der Waals surface area contributed by atoms with Crippen molar-refractivity contribution in [3.63, 3.8) is 0 Å². The topological polar surface area (TPSA) is 78.9 Å². The Hall–Kier alpha value is -3.41. The van der Waals surface area contributed by atoms with E-state index in [0.29, 0.717) is 19.3 Å². The highest BCUT2D eigenvalue weighted by Crippen LogP contribution is 2.15. The molecule has 0 aliphatic heterocycles. The first kappa shape index (κ1) is 59.6. The van der Waals surface area contributed by atoms with Crippen LogP contribution in [-0.4, -0.2) is 37.2 Å². The van der Waals surface area contributed by atoms with Gasteiger partial charge in [0.05, 0.1) is 0 Å². The zero-order chi connectivity index (χ0) is 45.8. The lowest BCUT2D eigenvalue weighted by Gasteiger charge is -2.18. The maximum atomic E-state index is 12.8. The summed E-state index contributed by atoms with van der Waals surface area (Å²) in [5.74, 6) is -0.994. The first-order chi connectivity index (χ1) is 31.0. The van der Waals surface area contributed by atoms with Crippen LogP contribution in [0.3, 0.4) is 0 Å². The summed E-state index contributed by atoms with van der Waals surface area (Å²) >= 11 is 0. The number of allylic oxidation sites excluding steroid dienone is 14. The summed E-state index contributed by atoms with van der Waals surface area (Å²) in [6.45, 7) is 6.35. The van der Waals surface area contributed by atoms with Crippen LogP contribution in [0.4, 0.5) is 0 Å². The van der Waals surface area contributed by atoms with Gasteiger partial charge in [-0.2, -0.15) is 0 Å². The molecule has 0 heterocycles. The van der Waals surface area contributed by atoms with E-state index in [-0.39, 0.29) is 37.5 Å². The zero-order valence-electron chi connectivity index (χ0n) is 41.1. The molecule has 0 saturated carbocycles. The Bertz CT molecular complexity index is 1240. The molecule has 0 aromatic heterocycles. The number of hydrogen-bond acceptors (Lipinski definition) is 6. The number of unbranched alkanes of at least 4 members (excludes halogenated alkanes) is 21. The van der Waals surface area contributed by atoms with Crippen LogP contribution in [0.15, 0.2) is 85.1 Å². The van der Waals surface area contributed by atoms with E-state index in [2.05, 4.69) is 99.8 Å². The number of rotatable bonds is 46. The average molecular weight is 877 g/mol. The van der Waals surface area contributed by atoms with Gasteiger partial charge in [0.2, 0.25) is 0 Å². The molecule has 0 rings (SSSR count).